The summed E-state index contributed by atoms with van der Waals surface area (Å²) in [7, 11) is 0. The van der Waals surface area contributed by atoms with E-state index >= 15 is 0 Å². The Bertz CT molecular complexity index is 101. The Morgan fingerprint density at radius 2 is 2.00 bits per heavy atom. The first-order chi connectivity index (χ1) is 6.20. The lowest BCUT2D eigenvalue weighted by atomic mass is 10.2. The highest BCUT2D eigenvalue weighted by Crippen LogP contribution is 1.99. The molecule has 0 heterocycles. The van der Waals surface area contributed by atoms with Gasteiger partial charge in [-0.3, -0.25) is 0 Å². The number of alkyl halides is 1. The molecule has 0 aromatic rings. The van der Waals surface area contributed by atoms with Gasteiger partial charge in [0.05, 0.1) is 0 Å². The molecule has 0 aliphatic rings. The van der Waals surface area contributed by atoms with Gasteiger partial charge in [0.15, 0.2) is 0 Å². The van der Waals surface area contributed by atoms with Crippen LogP contribution in [0.1, 0.15) is 33.1 Å². The van der Waals surface area contributed by atoms with Crippen molar-refractivity contribution in [2.24, 2.45) is 5.73 Å². The van der Waals surface area contributed by atoms with E-state index in [0.29, 0.717) is 6.04 Å². The first-order valence-electron chi connectivity index (χ1n) is 5.24. The molecule has 0 amide bonds. The molecule has 0 rings (SSSR count). The van der Waals surface area contributed by atoms with Crippen LogP contribution in [0, 0.1) is 0 Å². The molecule has 80 valence electrons. The monoisotopic (exact) mass is 206 g/mol. The average Bonchev–Trinajstić information content (AvgIpc) is 2.04. The van der Waals surface area contributed by atoms with E-state index in [1.807, 2.05) is 0 Å². The van der Waals surface area contributed by atoms with Crippen LogP contribution in [-0.4, -0.2) is 36.5 Å². The fourth-order valence-electron chi connectivity index (χ4n) is 1.41. The summed E-state index contributed by atoms with van der Waals surface area (Å²) in [6, 6.07) is 0.333. The number of nitrogens with two attached hydrogens (primary N) is 1. The van der Waals surface area contributed by atoms with E-state index in [1.54, 1.807) is 0 Å². The van der Waals surface area contributed by atoms with Crippen LogP contribution in [-0.2, 0) is 0 Å². The van der Waals surface area contributed by atoms with Gasteiger partial charge in [-0.05, 0) is 39.3 Å². The van der Waals surface area contributed by atoms with Crippen LogP contribution in [0.2, 0.25) is 0 Å². The Morgan fingerprint density at radius 1 is 1.31 bits per heavy atom. The number of halogens is 1. The maximum Gasteiger partial charge on any atom is 0.0351 e. The third-order valence-electron chi connectivity index (χ3n) is 2.07. The van der Waals surface area contributed by atoms with Crippen molar-refractivity contribution in [1.82, 2.24) is 4.90 Å². The molecular weight excluding hydrogens is 184 g/mol. The van der Waals surface area contributed by atoms with E-state index in [-0.39, 0.29) is 0 Å². The molecule has 0 spiro atoms. The lowest BCUT2D eigenvalue weighted by molar-refractivity contribution is 0.281. The maximum atomic E-state index is 5.71. The third kappa shape index (κ3) is 8.54. The zero-order valence-electron chi connectivity index (χ0n) is 8.93. The van der Waals surface area contributed by atoms with Crippen molar-refractivity contribution in [3.05, 3.63) is 0 Å². The highest BCUT2D eigenvalue weighted by molar-refractivity contribution is 6.18. The fourth-order valence-corrected chi connectivity index (χ4v) is 1.65. The summed E-state index contributed by atoms with van der Waals surface area (Å²) < 4.78 is 0. The first kappa shape index (κ1) is 13.2. The highest BCUT2D eigenvalue weighted by atomic mass is 35.5. The molecule has 13 heavy (non-hydrogen) atoms. The second kappa shape index (κ2) is 8.79. The zero-order chi connectivity index (χ0) is 10.1. The number of hydrogen-bond acceptors (Lipinski definition) is 2. The van der Waals surface area contributed by atoms with E-state index < -0.39 is 0 Å². The minimum absolute atomic E-state index is 0.333. The largest absolute Gasteiger partial charge is 0.328 e. The molecule has 1 atom stereocenters. The van der Waals surface area contributed by atoms with Gasteiger partial charge in [-0.2, -0.15) is 0 Å². The summed E-state index contributed by atoms with van der Waals surface area (Å²) in [5, 5.41) is 0. The number of hydrogen-bond donors (Lipinski definition) is 1. The minimum atomic E-state index is 0.333. The molecule has 2 N–H and O–H groups in total. The molecule has 0 aromatic carbocycles. The normalized spacial score (nSPS) is 13.6. The summed E-state index contributed by atoms with van der Waals surface area (Å²) in [4.78, 5) is 2.41. The molecule has 0 radical (unpaired) electrons. The predicted octanol–water partition coefficient (Wildman–Crippen LogP) is 2.06. The van der Waals surface area contributed by atoms with E-state index in [2.05, 4.69) is 18.7 Å². The van der Waals surface area contributed by atoms with Crippen molar-refractivity contribution in [2.75, 3.05) is 25.5 Å². The molecule has 0 bridgehead atoms. The minimum Gasteiger partial charge on any atom is -0.328 e. The SMILES string of the molecule is CCCN(CCCl)CCCC(C)N. The van der Waals surface area contributed by atoms with Crippen LogP contribution in [0.25, 0.3) is 0 Å². The highest BCUT2D eigenvalue weighted by Gasteiger charge is 2.02. The van der Waals surface area contributed by atoms with Crippen LogP contribution >= 0.6 is 11.6 Å². The second-order valence-corrected chi connectivity index (χ2v) is 4.03. The summed E-state index contributed by atoms with van der Waals surface area (Å²) in [6.45, 7) is 7.57. The van der Waals surface area contributed by atoms with E-state index in [0.717, 1.165) is 31.9 Å². The Hall–Kier alpha value is 0.210. The van der Waals surface area contributed by atoms with Gasteiger partial charge in [0.2, 0.25) is 0 Å². The van der Waals surface area contributed by atoms with E-state index in [1.165, 1.54) is 12.8 Å². The molecule has 0 aromatic heterocycles. The molecule has 1 unspecified atom stereocenters. The van der Waals surface area contributed by atoms with Gasteiger partial charge in [-0.25, -0.2) is 0 Å². The van der Waals surface area contributed by atoms with Crippen molar-refractivity contribution < 1.29 is 0 Å². The number of rotatable bonds is 8. The molecule has 3 heteroatoms. The quantitative estimate of drug-likeness (QED) is 0.617. The predicted molar refractivity (Wildman–Crippen MR) is 60.3 cm³/mol. The molecule has 0 saturated heterocycles. The van der Waals surface area contributed by atoms with Crippen LogP contribution in [0.5, 0.6) is 0 Å². The van der Waals surface area contributed by atoms with E-state index in [9.17, 15) is 0 Å². The van der Waals surface area contributed by atoms with Crippen molar-refractivity contribution in [1.29, 1.82) is 0 Å². The zero-order valence-corrected chi connectivity index (χ0v) is 9.69. The molecule has 0 fully saturated rings. The van der Waals surface area contributed by atoms with Gasteiger partial charge < -0.3 is 10.6 Å². The van der Waals surface area contributed by atoms with Gasteiger partial charge in [-0.1, -0.05) is 6.92 Å². The second-order valence-electron chi connectivity index (χ2n) is 3.65. The molecule has 2 nitrogen and oxygen atoms in total. The smallest absolute Gasteiger partial charge is 0.0351 e. The standard InChI is InChI=1S/C10H23ClN2/c1-3-7-13(9-6-11)8-4-5-10(2)12/h10H,3-9,12H2,1-2H3. The van der Waals surface area contributed by atoms with Crippen LogP contribution in [0.4, 0.5) is 0 Å². The van der Waals surface area contributed by atoms with Crippen molar-refractivity contribution in [3.63, 3.8) is 0 Å². The first-order valence-corrected chi connectivity index (χ1v) is 5.78. The van der Waals surface area contributed by atoms with Crippen molar-refractivity contribution >= 4 is 11.6 Å². The molecule has 0 saturated carbocycles. The van der Waals surface area contributed by atoms with Crippen LogP contribution < -0.4 is 5.73 Å². The molecule has 0 aliphatic carbocycles. The van der Waals surface area contributed by atoms with Crippen LogP contribution in [0.3, 0.4) is 0 Å². The Morgan fingerprint density at radius 3 is 2.46 bits per heavy atom. The van der Waals surface area contributed by atoms with Gasteiger partial charge in [0.25, 0.3) is 0 Å². The van der Waals surface area contributed by atoms with Crippen molar-refractivity contribution in [2.45, 2.75) is 39.2 Å². The average molecular weight is 207 g/mol. The Balaban J connectivity index is 3.44. The van der Waals surface area contributed by atoms with Crippen molar-refractivity contribution in [3.8, 4) is 0 Å². The van der Waals surface area contributed by atoms with Crippen LogP contribution in [0.15, 0.2) is 0 Å². The Labute approximate surface area is 87.4 Å². The fraction of sp³-hybridized carbons (Fsp3) is 1.00. The summed E-state index contributed by atoms with van der Waals surface area (Å²) in [6.07, 6.45) is 3.51. The number of nitrogens with zero attached hydrogens (tertiary/aromatic N) is 1. The molecule has 0 aliphatic heterocycles. The van der Waals surface area contributed by atoms with E-state index in [4.69, 9.17) is 17.3 Å². The van der Waals surface area contributed by atoms with Gasteiger partial charge in [-0.15, -0.1) is 11.6 Å². The maximum absolute atomic E-state index is 5.71. The third-order valence-corrected chi connectivity index (χ3v) is 2.24. The summed E-state index contributed by atoms with van der Waals surface area (Å²) in [5.41, 5.74) is 5.68. The summed E-state index contributed by atoms with van der Waals surface area (Å²) in [5.74, 6) is 0.734. The lowest BCUT2D eigenvalue weighted by Crippen LogP contribution is -2.29. The van der Waals surface area contributed by atoms with Gasteiger partial charge in [0, 0.05) is 18.5 Å². The Kier molecular flexibility index (Phi) is 8.93. The molecular formula is C10H23ClN2. The topological polar surface area (TPSA) is 29.3 Å². The van der Waals surface area contributed by atoms with Gasteiger partial charge >= 0.3 is 0 Å². The lowest BCUT2D eigenvalue weighted by Gasteiger charge is -2.20. The van der Waals surface area contributed by atoms with Gasteiger partial charge in [0.1, 0.15) is 0 Å². The summed E-state index contributed by atoms with van der Waals surface area (Å²) >= 11 is 5.71.